The number of benzene rings is 1. The molecule has 2 N–H and O–H groups in total. The van der Waals surface area contributed by atoms with E-state index in [0.29, 0.717) is 11.5 Å². The zero-order valence-electron chi connectivity index (χ0n) is 11.7. The van der Waals surface area contributed by atoms with Gasteiger partial charge in [0.05, 0.1) is 4.99 Å². The lowest BCUT2D eigenvalue weighted by Gasteiger charge is -2.24. The van der Waals surface area contributed by atoms with Gasteiger partial charge in [-0.15, -0.1) is 0 Å². The summed E-state index contributed by atoms with van der Waals surface area (Å²) in [4.78, 5) is 2.84. The Hall–Kier alpha value is -1.13. The van der Waals surface area contributed by atoms with Gasteiger partial charge >= 0.3 is 0 Å². The average molecular weight is 278 g/mol. The van der Waals surface area contributed by atoms with Crippen LogP contribution in [0.25, 0.3) is 0 Å². The first kappa shape index (κ1) is 14.3. The number of aryl methyl sites for hydroxylation is 1. The molecule has 104 valence electrons. The van der Waals surface area contributed by atoms with Crippen LogP contribution in [0.15, 0.2) is 18.2 Å². The first-order chi connectivity index (χ1) is 9.08. The fourth-order valence-electron chi connectivity index (χ4n) is 2.61. The van der Waals surface area contributed by atoms with Gasteiger partial charge in [-0.2, -0.15) is 0 Å². The zero-order chi connectivity index (χ0) is 13.8. The van der Waals surface area contributed by atoms with Crippen molar-refractivity contribution in [3.63, 3.8) is 0 Å². The highest BCUT2D eigenvalue weighted by Crippen LogP contribution is 2.29. The van der Waals surface area contributed by atoms with Crippen LogP contribution in [0.1, 0.15) is 24.5 Å². The molecule has 0 aliphatic carbocycles. The lowest BCUT2D eigenvalue weighted by atomic mass is 10.1. The fourth-order valence-corrected chi connectivity index (χ4v) is 2.79. The molecule has 0 bridgehead atoms. The second kappa shape index (κ2) is 6.35. The molecule has 0 saturated carbocycles. The van der Waals surface area contributed by atoms with E-state index in [-0.39, 0.29) is 6.10 Å². The number of thiocarbonyl (C=S) groups is 1. The molecule has 1 atom stereocenters. The minimum Gasteiger partial charge on any atom is -0.488 e. The molecule has 1 unspecified atom stereocenters. The Kier molecular flexibility index (Phi) is 4.77. The molecular formula is C15H22N2OS. The Morgan fingerprint density at radius 3 is 3.00 bits per heavy atom. The van der Waals surface area contributed by atoms with Crippen molar-refractivity contribution in [3.05, 3.63) is 29.3 Å². The van der Waals surface area contributed by atoms with Crippen LogP contribution in [0.4, 0.5) is 0 Å². The topological polar surface area (TPSA) is 38.5 Å². The zero-order valence-corrected chi connectivity index (χ0v) is 12.5. The van der Waals surface area contributed by atoms with Crippen LogP contribution in [0, 0.1) is 6.92 Å². The van der Waals surface area contributed by atoms with Crippen LogP contribution in [0.3, 0.4) is 0 Å². The third kappa shape index (κ3) is 3.91. The van der Waals surface area contributed by atoms with E-state index in [0.717, 1.165) is 31.7 Å². The molecule has 2 rings (SSSR count). The van der Waals surface area contributed by atoms with Gasteiger partial charge in [-0.3, -0.25) is 4.90 Å². The van der Waals surface area contributed by atoms with Gasteiger partial charge in [-0.1, -0.05) is 36.8 Å². The molecule has 1 aromatic carbocycles. The second-order valence-corrected chi connectivity index (χ2v) is 5.78. The fraction of sp³-hybridized carbons (Fsp3) is 0.533. The van der Waals surface area contributed by atoms with Crippen molar-refractivity contribution in [2.45, 2.75) is 32.8 Å². The summed E-state index contributed by atoms with van der Waals surface area (Å²) in [5.41, 5.74) is 8.26. The van der Waals surface area contributed by atoms with Crippen molar-refractivity contribution in [3.8, 4) is 5.75 Å². The van der Waals surface area contributed by atoms with Crippen LogP contribution in [-0.2, 0) is 6.42 Å². The van der Waals surface area contributed by atoms with Crippen molar-refractivity contribution in [1.29, 1.82) is 0 Å². The molecule has 0 aromatic heterocycles. The van der Waals surface area contributed by atoms with Gasteiger partial charge in [0.15, 0.2) is 0 Å². The van der Waals surface area contributed by atoms with Crippen molar-refractivity contribution in [1.82, 2.24) is 4.90 Å². The SMILES string of the molecule is CCCN(CC(N)=S)CC1Cc2cc(C)ccc2O1. The summed E-state index contributed by atoms with van der Waals surface area (Å²) in [6.45, 7) is 6.86. The number of rotatable bonds is 6. The average Bonchev–Trinajstić information content (AvgIpc) is 2.69. The van der Waals surface area contributed by atoms with E-state index in [4.69, 9.17) is 22.7 Å². The minimum atomic E-state index is 0.220. The monoisotopic (exact) mass is 278 g/mol. The molecule has 1 aliphatic heterocycles. The summed E-state index contributed by atoms with van der Waals surface area (Å²) in [6.07, 6.45) is 2.30. The summed E-state index contributed by atoms with van der Waals surface area (Å²) >= 11 is 5.01. The van der Waals surface area contributed by atoms with Gasteiger partial charge in [0.1, 0.15) is 11.9 Å². The number of fused-ring (bicyclic) bond motifs is 1. The molecule has 0 amide bonds. The lowest BCUT2D eigenvalue weighted by molar-refractivity contribution is 0.162. The molecule has 0 fully saturated rings. The van der Waals surface area contributed by atoms with E-state index in [1.54, 1.807) is 0 Å². The largest absolute Gasteiger partial charge is 0.488 e. The van der Waals surface area contributed by atoms with Gasteiger partial charge in [0.25, 0.3) is 0 Å². The molecule has 0 radical (unpaired) electrons. The van der Waals surface area contributed by atoms with E-state index in [9.17, 15) is 0 Å². The van der Waals surface area contributed by atoms with Crippen molar-refractivity contribution in [2.75, 3.05) is 19.6 Å². The first-order valence-corrected chi connectivity index (χ1v) is 7.26. The number of nitrogens with zero attached hydrogens (tertiary/aromatic N) is 1. The Bertz CT molecular complexity index is 461. The van der Waals surface area contributed by atoms with Crippen LogP contribution >= 0.6 is 12.2 Å². The van der Waals surface area contributed by atoms with E-state index < -0.39 is 0 Å². The van der Waals surface area contributed by atoms with Crippen LogP contribution < -0.4 is 10.5 Å². The second-order valence-electron chi connectivity index (χ2n) is 5.26. The Balaban J connectivity index is 1.95. The Morgan fingerprint density at radius 2 is 2.32 bits per heavy atom. The van der Waals surface area contributed by atoms with Gasteiger partial charge < -0.3 is 10.5 Å². The third-order valence-electron chi connectivity index (χ3n) is 3.34. The van der Waals surface area contributed by atoms with E-state index >= 15 is 0 Å². The highest BCUT2D eigenvalue weighted by atomic mass is 32.1. The van der Waals surface area contributed by atoms with E-state index in [1.165, 1.54) is 11.1 Å². The minimum absolute atomic E-state index is 0.220. The van der Waals surface area contributed by atoms with Crippen molar-refractivity contribution >= 4 is 17.2 Å². The quantitative estimate of drug-likeness (QED) is 0.810. The summed E-state index contributed by atoms with van der Waals surface area (Å²) in [7, 11) is 0. The predicted molar refractivity (Wildman–Crippen MR) is 82.8 cm³/mol. The maximum atomic E-state index is 5.99. The normalized spacial score (nSPS) is 17.3. The van der Waals surface area contributed by atoms with Gasteiger partial charge in [-0.25, -0.2) is 0 Å². The van der Waals surface area contributed by atoms with Gasteiger partial charge in [-0.05, 0) is 31.5 Å². The van der Waals surface area contributed by atoms with Gasteiger partial charge in [0, 0.05) is 19.5 Å². The Labute approximate surface area is 120 Å². The van der Waals surface area contributed by atoms with Crippen molar-refractivity contribution < 1.29 is 4.74 Å². The van der Waals surface area contributed by atoms with Crippen LogP contribution in [0.5, 0.6) is 5.75 Å². The standard InChI is InChI=1S/C15H22N2OS/c1-3-6-17(10-15(16)19)9-13-8-12-7-11(2)4-5-14(12)18-13/h4-5,7,13H,3,6,8-10H2,1-2H3,(H2,16,19). The molecule has 0 spiro atoms. The molecule has 1 heterocycles. The molecule has 0 saturated heterocycles. The Morgan fingerprint density at radius 1 is 1.53 bits per heavy atom. The lowest BCUT2D eigenvalue weighted by Crippen LogP contribution is -2.40. The number of ether oxygens (including phenoxy) is 1. The molecule has 4 heteroatoms. The maximum absolute atomic E-state index is 5.99. The summed E-state index contributed by atoms with van der Waals surface area (Å²) < 4.78 is 5.99. The van der Waals surface area contributed by atoms with E-state index in [2.05, 4.69) is 36.9 Å². The third-order valence-corrected chi connectivity index (χ3v) is 3.47. The molecule has 1 aromatic rings. The molecule has 3 nitrogen and oxygen atoms in total. The number of nitrogens with two attached hydrogens (primary N) is 1. The molecular weight excluding hydrogens is 256 g/mol. The predicted octanol–water partition coefficient (Wildman–Crippen LogP) is 2.30. The highest BCUT2D eigenvalue weighted by molar-refractivity contribution is 7.80. The highest BCUT2D eigenvalue weighted by Gasteiger charge is 2.24. The van der Waals surface area contributed by atoms with Crippen molar-refractivity contribution in [2.24, 2.45) is 5.73 Å². The van der Waals surface area contributed by atoms with E-state index in [1.807, 2.05) is 0 Å². The smallest absolute Gasteiger partial charge is 0.123 e. The maximum Gasteiger partial charge on any atom is 0.123 e. The number of hydrogen-bond donors (Lipinski definition) is 1. The first-order valence-electron chi connectivity index (χ1n) is 6.85. The van der Waals surface area contributed by atoms with Crippen LogP contribution in [0.2, 0.25) is 0 Å². The molecule has 19 heavy (non-hydrogen) atoms. The summed E-state index contributed by atoms with van der Waals surface area (Å²) in [5.74, 6) is 1.03. The summed E-state index contributed by atoms with van der Waals surface area (Å²) in [5, 5.41) is 0. The van der Waals surface area contributed by atoms with Gasteiger partial charge in [0.2, 0.25) is 0 Å². The van der Waals surface area contributed by atoms with Crippen LogP contribution in [-0.4, -0.2) is 35.6 Å². The number of hydrogen-bond acceptors (Lipinski definition) is 3. The molecule has 1 aliphatic rings. The summed E-state index contributed by atoms with van der Waals surface area (Å²) in [6, 6.07) is 6.38.